The molecular formula is C14H16FN5O2. The van der Waals surface area contributed by atoms with E-state index < -0.39 is 5.82 Å². The highest BCUT2D eigenvalue weighted by molar-refractivity contribution is 5.86. The highest BCUT2D eigenvalue weighted by atomic mass is 19.1. The predicted octanol–water partition coefficient (Wildman–Crippen LogP) is 1.61. The van der Waals surface area contributed by atoms with Crippen molar-refractivity contribution in [3.63, 3.8) is 0 Å². The van der Waals surface area contributed by atoms with Crippen molar-refractivity contribution in [1.82, 2.24) is 15.0 Å². The molecule has 0 saturated carbocycles. The third-order valence-electron chi connectivity index (χ3n) is 2.55. The molecule has 116 valence electrons. The van der Waals surface area contributed by atoms with Gasteiger partial charge in [0.05, 0.1) is 0 Å². The van der Waals surface area contributed by atoms with Crippen LogP contribution in [0.2, 0.25) is 0 Å². The first-order valence-electron chi connectivity index (χ1n) is 6.53. The van der Waals surface area contributed by atoms with Crippen LogP contribution in [0.3, 0.4) is 0 Å². The molecule has 1 heterocycles. The van der Waals surface area contributed by atoms with E-state index in [0.717, 1.165) is 0 Å². The van der Waals surface area contributed by atoms with E-state index in [-0.39, 0.29) is 30.0 Å². The van der Waals surface area contributed by atoms with Gasteiger partial charge in [-0.15, -0.1) is 0 Å². The zero-order chi connectivity index (χ0) is 16.1. The van der Waals surface area contributed by atoms with Crippen LogP contribution in [0.5, 0.6) is 5.75 Å². The summed E-state index contributed by atoms with van der Waals surface area (Å²) in [6.45, 7) is 1.31. The molecule has 8 heteroatoms. The number of rotatable bonds is 5. The lowest BCUT2D eigenvalue weighted by Crippen LogP contribution is -2.19. The minimum atomic E-state index is -0.466. The van der Waals surface area contributed by atoms with Gasteiger partial charge in [0.15, 0.2) is 17.4 Å². The first kappa shape index (κ1) is 15.6. The van der Waals surface area contributed by atoms with E-state index in [1.54, 1.807) is 31.1 Å². The molecule has 0 spiro atoms. The molecule has 2 rings (SSSR count). The summed E-state index contributed by atoms with van der Waals surface area (Å²) in [6, 6.07) is 6.05. The van der Waals surface area contributed by atoms with Gasteiger partial charge in [-0.2, -0.15) is 15.0 Å². The molecule has 1 aromatic carbocycles. The van der Waals surface area contributed by atoms with Crippen LogP contribution >= 0.6 is 0 Å². The zero-order valence-corrected chi connectivity index (χ0v) is 12.5. The van der Waals surface area contributed by atoms with E-state index in [9.17, 15) is 9.18 Å². The Morgan fingerprint density at radius 3 is 2.64 bits per heavy atom. The number of benzene rings is 1. The molecule has 7 nitrogen and oxygen atoms in total. The molecule has 0 radical (unpaired) electrons. The average Bonchev–Trinajstić information content (AvgIpc) is 2.45. The minimum Gasteiger partial charge on any atom is -0.483 e. The van der Waals surface area contributed by atoms with Gasteiger partial charge in [0.1, 0.15) is 6.61 Å². The van der Waals surface area contributed by atoms with Crippen molar-refractivity contribution in [2.24, 2.45) is 0 Å². The van der Waals surface area contributed by atoms with Gasteiger partial charge < -0.3 is 9.64 Å². The van der Waals surface area contributed by atoms with Crippen molar-refractivity contribution >= 4 is 17.8 Å². The van der Waals surface area contributed by atoms with Crippen molar-refractivity contribution in [3.8, 4) is 5.75 Å². The molecule has 1 amide bonds. The van der Waals surface area contributed by atoms with Crippen molar-refractivity contribution in [3.05, 3.63) is 35.9 Å². The highest BCUT2D eigenvalue weighted by Gasteiger charge is 2.11. The number of hydrogen-bond acceptors (Lipinski definition) is 6. The number of ether oxygens (including phenoxy) is 1. The fourth-order valence-electron chi connectivity index (χ4n) is 1.59. The van der Waals surface area contributed by atoms with Gasteiger partial charge in [0.2, 0.25) is 17.8 Å². The van der Waals surface area contributed by atoms with Crippen molar-refractivity contribution < 1.29 is 13.9 Å². The Hall–Kier alpha value is -2.77. The van der Waals surface area contributed by atoms with Crippen molar-refractivity contribution in [2.75, 3.05) is 24.3 Å². The number of nitrogens with zero attached hydrogens (tertiary/aromatic N) is 4. The quantitative estimate of drug-likeness (QED) is 0.904. The van der Waals surface area contributed by atoms with Gasteiger partial charge >= 0.3 is 0 Å². The summed E-state index contributed by atoms with van der Waals surface area (Å²) >= 11 is 0. The third-order valence-corrected chi connectivity index (χ3v) is 2.55. The molecule has 0 aliphatic heterocycles. The van der Waals surface area contributed by atoms with Gasteiger partial charge in [-0.05, 0) is 12.1 Å². The van der Waals surface area contributed by atoms with Crippen LogP contribution in [0.25, 0.3) is 0 Å². The van der Waals surface area contributed by atoms with Crippen LogP contribution in [0.15, 0.2) is 24.3 Å². The van der Waals surface area contributed by atoms with Crippen LogP contribution in [0.1, 0.15) is 12.7 Å². The molecule has 1 aromatic heterocycles. The van der Waals surface area contributed by atoms with Crippen LogP contribution in [0.4, 0.5) is 16.3 Å². The summed E-state index contributed by atoms with van der Waals surface area (Å²) in [6.07, 6.45) is 0. The Balaban J connectivity index is 2.20. The summed E-state index contributed by atoms with van der Waals surface area (Å²) in [5.74, 6) is 0.119. The Morgan fingerprint density at radius 1 is 1.27 bits per heavy atom. The van der Waals surface area contributed by atoms with Crippen LogP contribution in [-0.4, -0.2) is 35.0 Å². The minimum absolute atomic E-state index is 0.0448. The molecule has 2 aromatic rings. The number of carbonyl (C=O) groups is 1. The summed E-state index contributed by atoms with van der Waals surface area (Å²) < 4.78 is 18.9. The maximum atomic E-state index is 13.5. The second-order valence-corrected chi connectivity index (χ2v) is 4.67. The maximum absolute atomic E-state index is 13.5. The number of halogens is 1. The number of carbonyl (C=O) groups excluding carboxylic acids is 1. The monoisotopic (exact) mass is 305 g/mol. The molecular weight excluding hydrogens is 289 g/mol. The maximum Gasteiger partial charge on any atom is 0.234 e. The van der Waals surface area contributed by atoms with Gasteiger partial charge in [-0.3, -0.25) is 10.1 Å². The summed E-state index contributed by atoms with van der Waals surface area (Å²) in [5.41, 5.74) is 0. The number of para-hydroxylation sites is 1. The lowest BCUT2D eigenvalue weighted by atomic mass is 10.3. The largest absolute Gasteiger partial charge is 0.483 e. The van der Waals surface area contributed by atoms with E-state index in [1.165, 1.54) is 19.1 Å². The smallest absolute Gasteiger partial charge is 0.234 e. The molecule has 0 aliphatic rings. The number of anilines is 2. The summed E-state index contributed by atoms with van der Waals surface area (Å²) in [5, 5.41) is 2.49. The van der Waals surface area contributed by atoms with Gasteiger partial charge in [0, 0.05) is 21.0 Å². The normalized spacial score (nSPS) is 10.2. The second kappa shape index (κ2) is 6.79. The molecule has 1 N–H and O–H groups in total. The lowest BCUT2D eigenvalue weighted by Gasteiger charge is -2.13. The number of amides is 1. The SMILES string of the molecule is CC(=O)Nc1nc(COc2ccccc2F)nc(N(C)C)n1. The number of nitrogens with one attached hydrogen (secondary N) is 1. The Kier molecular flexibility index (Phi) is 4.82. The first-order chi connectivity index (χ1) is 10.5. The van der Waals surface area contributed by atoms with Gasteiger partial charge in [-0.25, -0.2) is 4.39 Å². The second-order valence-electron chi connectivity index (χ2n) is 4.67. The Labute approximate surface area is 127 Å². The van der Waals surface area contributed by atoms with Gasteiger partial charge in [0.25, 0.3) is 0 Å². The first-order valence-corrected chi connectivity index (χ1v) is 6.53. The van der Waals surface area contributed by atoms with Gasteiger partial charge in [-0.1, -0.05) is 12.1 Å². The predicted molar refractivity (Wildman–Crippen MR) is 79.2 cm³/mol. The number of aromatic nitrogens is 3. The molecule has 0 atom stereocenters. The average molecular weight is 305 g/mol. The standard InChI is InChI=1S/C14H16FN5O2/c1-9(21)16-13-17-12(18-14(19-13)20(2)3)8-22-11-7-5-4-6-10(11)15/h4-7H,8H2,1-3H3,(H,16,17,18,19,21). The fourth-order valence-corrected chi connectivity index (χ4v) is 1.59. The fraction of sp³-hybridized carbons (Fsp3) is 0.286. The van der Waals surface area contributed by atoms with E-state index in [4.69, 9.17) is 4.74 Å². The van der Waals surface area contributed by atoms with Crippen molar-refractivity contribution in [1.29, 1.82) is 0 Å². The summed E-state index contributed by atoms with van der Waals surface area (Å²) in [4.78, 5) is 25.1. The van der Waals surface area contributed by atoms with E-state index >= 15 is 0 Å². The Bertz CT molecular complexity index is 678. The van der Waals surface area contributed by atoms with E-state index in [0.29, 0.717) is 5.95 Å². The van der Waals surface area contributed by atoms with Crippen LogP contribution in [0, 0.1) is 5.82 Å². The van der Waals surface area contributed by atoms with E-state index in [2.05, 4.69) is 20.3 Å². The van der Waals surface area contributed by atoms with E-state index in [1.807, 2.05) is 0 Å². The molecule has 0 unspecified atom stereocenters. The topological polar surface area (TPSA) is 80.2 Å². The molecule has 0 saturated heterocycles. The Morgan fingerprint density at radius 2 is 2.00 bits per heavy atom. The van der Waals surface area contributed by atoms with Crippen molar-refractivity contribution in [2.45, 2.75) is 13.5 Å². The summed E-state index contributed by atoms with van der Waals surface area (Å²) in [7, 11) is 3.52. The molecule has 22 heavy (non-hydrogen) atoms. The van der Waals surface area contributed by atoms with Crippen LogP contribution < -0.4 is 15.0 Å². The lowest BCUT2D eigenvalue weighted by molar-refractivity contribution is -0.114. The molecule has 0 aliphatic carbocycles. The number of hydrogen-bond donors (Lipinski definition) is 1. The third kappa shape index (κ3) is 4.11. The van der Waals surface area contributed by atoms with Crippen LogP contribution in [-0.2, 0) is 11.4 Å². The highest BCUT2D eigenvalue weighted by Crippen LogP contribution is 2.17. The molecule has 0 bridgehead atoms. The zero-order valence-electron chi connectivity index (χ0n) is 12.5. The molecule has 0 fully saturated rings.